The number of hydrogen-bond donors (Lipinski definition) is 1. The zero-order valence-electron chi connectivity index (χ0n) is 6.97. The maximum atomic E-state index is 8.85. The fourth-order valence-electron chi connectivity index (χ4n) is 0.727. The molecule has 0 aromatic carbocycles. The summed E-state index contributed by atoms with van der Waals surface area (Å²) in [5.74, 6) is 0. The molecule has 0 saturated heterocycles. The molecule has 1 atom stereocenters. The first-order valence-electron chi connectivity index (χ1n) is 4.03. The van der Waals surface area contributed by atoms with E-state index >= 15 is 0 Å². The average molecular weight is 146 g/mol. The van der Waals surface area contributed by atoms with Gasteiger partial charge in [-0.15, -0.1) is 0 Å². The SMILES string of the molecule is CCCOCCC[C@H](C)O. The fraction of sp³-hybridized carbons (Fsp3) is 1.00. The maximum Gasteiger partial charge on any atom is 0.0513 e. The lowest BCUT2D eigenvalue weighted by molar-refractivity contribution is 0.112. The zero-order chi connectivity index (χ0) is 7.82. The minimum atomic E-state index is -0.176. The number of aliphatic hydroxyl groups excluding tert-OH is 1. The Balaban J connectivity index is 2.77. The molecule has 1 N–H and O–H groups in total. The van der Waals surface area contributed by atoms with E-state index in [0.29, 0.717) is 0 Å². The monoisotopic (exact) mass is 146 g/mol. The molecule has 0 aliphatic rings. The molecule has 0 aliphatic heterocycles. The third-order valence-corrected chi connectivity index (χ3v) is 1.26. The second kappa shape index (κ2) is 7.03. The smallest absolute Gasteiger partial charge is 0.0513 e. The normalized spacial score (nSPS) is 13.5. The Hall–Kier alpha value is -0.0800. The number of aliphatic hydroxyl groups is 1. The van der Waals surface area contributed by atoms with E-state index in [1.165, 1.54) is 0 Å². The largest absolute Gasteiger partial charge is 0.393 e. The topological polar surface area (TPSA) is 29.5 Å². The van der Waals surface area contributed by atoms with Crippen molar-refractivity contribution >= 4 is 0 Å². The molecule has 0 saturated carbocycles. The van der Waals surface area contributed by atoms with Gasteiger partial charge in [0.15, 0.2) is 0 Å². The first kappa shape index (κ1) is 9.92. The summed E-state index contributed by atoms with van der Waals surface area (Å²) in [5, 5.41) is 8.85. The van der Waals surface area contributed by atoms with Gasteiger partial charge in [-0.05, 0) is 26.2 Å². The van der Waals surface area contributed by atoms with E-state index in [-0.39, 0.29) is 6.10 Å². The Morgan fingerprint density at radius 2 is 2.10 bits per heavy atom. The van der Waals surface area contributed by atoms with Gasteiger partial charge in [0.2, 0.25) is 0 Å². The van der Waals surface area contributed by atoms with Crippen LogP contribution in [0.15, 0.2) is 0 Å². The van der Waals surface area contributed by atoms with E-state index in [0.717, 1.165) is 32.5 Å². The Kier molecular flexibility index (Phi) is 6.98. The molecule has 0 heterocycles. The summed E-state index contributed by atoms with van der Waals surface area (Å²) in [5.41, 5.74) is 0. The highest BCUT2D eigenvalue weighted by molar-refractivity contribution is 4.45. The van der Waals surface area contributed by atoms with Crippen LogP contribution in [0.25, 0.3) is 0 Å². The second-order valence-electron chi connectivity index (χ2n) is 2.60. The second-order valence-corrected chi connectivity index (χ2v) is 2.60. The highest BCUT2D eigenvalue weighted by atomic mass is 16.5. The van der Waals surface area contributed by atoms with E-state index < -0.39 is 0 Å². The molecule has 0 radical (unpaired) electrons. The van der Waals surface area contributed by atoms with Crippen LogP contribution in [0.1, 0.15) is 33.1 Å². The van der Waals surface area contributed by atoms with E-state index in [4.69, 9.17) is 9.84 Å². The molecule has 0 bridgehead atoms. The van der Waals surface area contributed by atoms with Crippen molar-refractivity contribution in [3.05, 3.63) is 0 Å². The first-order valence-corrected chi connectivity index (χ1v) is 4.03. The van der Waals surface area contributed by atoms with Gasteiger partial charge in [-0.2, -0.15) is 0 Å². The highest BCUT2D eigenvalue weighted by Crippen LogP contribution is 1.95. The van der Waals surface area contributed by atoms with Gasteiger partial charge < -0.3 is 9.84 Å². The van der Waals surface area contributed by atoms with Crippen LogP contribution in [0.3, 0.4) is 0 Å². The minimum Gasteiger partial charge on any atom is -0.393 e. The molecule has 62 valence electrons. The van der Waals surface area contributed by atoms with Crippen LogP contribution in [-0.4, -0.2) is 24.4 Å². The molecule has 0 aromatic heterocycles. The van der Waals surface area contributed by atoms with Crippen LogP contribution >= 0.6 is 0 Å². The van der Waals surface area contributed by atoms with Crippen molar-refractivity contribution in [2.45, 2.75) is 39.2 Å². The molecule has 0 aliphatic carbocycles. The van der Waals surface area contributed by atoms with Crippen LogP contribution in [-0.2, 0) is 4.74 Å². The Labute approximate surface area is 63.2 Å². The number of hydrogen-bond acceptors (Lipinski definition) is 2. The summed E-state index contributed by atoms with van der Waals surface area (Å²) >= 11 is 0. The van der Waals surface area contributed by atoms with Gasteiger partial charge in [-0.25, -0.2) is 0 Å². The van der Waals surface area contributed by atoms with Crippen LogP contribution < -0.4 is 0 Å². The third kappa shape index (κ3) is 7.92. The Morgan fingerprint density at radius 3 is 2.60 bits per heavy atom. The van der Waals surface area contributed by atoms with Crippen LogP contribution in [0, 0.1) is 0 Å². The van der Waals surface area contributed by atoms with Crippen LogP contribution in [0.4, 0.5) is 0 Å². The quantitative estimate of drug-likeness (QED) is 0.576. The van der Waals surface area contributed by atoms with E-state index in [2.05, 4.69) is 6.92 Å². The zero-order valence-corrected chi connectivity index (χ0v) is 6.97. The minimum absolute atomic E-state index is 0.176. The lowest BCUT2D eigenvalue weighted by atomic mass is 10.2. The predicted octanol–water partition coefficient (Wildman–Crippen LogP) is 1.57. The fourth-order valence-corrected chi connectivity index (χ4v) is 0.727. The summed E-state index contributed by atoms with van der Waals surface area (Å²) in [4.78, 5) is 0. The van der Waals surface area contributed by atoms with Gasteiger partial charge in [-0.3, -0.25) is 0 Å². The first-order chi connectivity index (χ1) is 4.77. The van der Waals surface area contributed by atoms with Crippen molar-refractivity contribution in [3.63, 3.8) is 0 Å². The lowest BCUT2D eigenvalue weighted by Gasteiger charge is -2.03. The molecule has 2 nitrogen and oxygen atoms in total. The molecule has 0 fully saturated rings. The summed E-state index contributed by atoms with van der Waals surface area (Å²) in [6.07, 6.45) is 2.72. The van der Waals surface area contributed by atoms with Gasteiger partial charge in [0.25, 0.3) is 0 Å². The summed E-state index contributed by atoms with van der Waals surface area (Å²) in [6.45, 7) is 5.53. The van der Waals surface area contributed by atoms with Crippen molar-refractivity contribution in [1.29, 1.82) is 0 Å². The highest BCUT2D eigenvalue weighted by Gasteiger charge is 1.93. The molecule has 2 heteroatoms. The molecular weight excluding hydrogens is 128 g/mol. The summed E-state index contributed by atoms with van der Waals surface area (Å²) in [6, 6.07) is 0. The van der Waals surface area contributed by atoms with Crippen LogP contribution in [0.2, 0.25) is 0 Å². The molecule has 0 unspecified atom stereocenters. The van der Waals surface area contributed by atoms with E-state index in [1.807, 2.05) is 0 Å². The van der Waals surface area contributed by atoms with Crippen molar-refractivity contribution in [2.75, 3.05) is 13.2 Å². The maximum absolute atomic E-state index is 8.85. The van der Waals surface area contributed by atoms with Gasteiger partial charge >= 0.3 is 0 Å². The van der Waals surface area contributed by atoms with Gasteiger partial charge in [-0.1, -0.05) is 6.92 Å². The number of rotatable bonds is 6. The van der Waals surface area contributed by atoms with Crippen molar-refractivity contribution in [1.82, 2.24) is 0 Å². The third-order valence-electron chi connectivity index (χ3n) is 1.26. The molecular formula is C8H18O2. The Bertz CT molecular complexity index is 62.3. The molecule has 0 amide bonds. The van der Waals surface area contributed by atoms with Gasteiger partial charge in [0.1, 0.15) is 0 Å². The van der Waals surface area contributed by atoms with Crippen LogP contribution in [0.5, 0.6) is 0 Å². The molecule has 0 rings (SSSR count). The standard InChI is InChI=1S/C8H18O2/c1-3-6-10-7-4-5-8(2)9/h8-9H,3-7H2,1-2H3/t8-/m0/s1. The lowest BCUT2D eigenvalue weighted by Crippen LogP contribution is -2.02. The number of ether oxygens (including phenoxy) is 1. The summed E-state index contributed by atoms with van der Waals surface area (Å²) < 4.78 is 5.22. The molecule has 0 aromatic rings. The van der Waals surface area contributed by atoms with Crippen molar-refractivity contribution in [3.8, 4) is 0 Å². The van der Waals surface area contributed by atoms with Gasteiger partial charge in [0, 0.05) is 13.2 Å². The van der Waals surface area contributed by atoms with Gasteiger partial charge in [0.05, 0.1) is 6.10 Å². The Morgan fingerprint density at radius 1 is 1.40 bits per heavy atom. The van der Waals surface area contributed by atoms with Crippen molar-refractivity contribution < 1.29 is 9.84 Å². The van der Waals surface area contributed by atoms with Crippen molar-refractivity contribution in [2.24, 2.45) is 0 Å². The molecule has 10 heavy (non-hydrogen) atoms. The van der Waals surface area contributed by atoms with E-state index in [1.54, 1.807) is 6.92 Å². The molecule has 0 spiro atoms. The van der Waals surface area contributed by atoms with E-state index in [9.17, 15) is 0 Å². The predicted molar refractivity (Wildman–Crippen MR) is 42.0 cm³/mol. The summed E-state index contributed by atoms with van der Waals surface area (Å²) in [7, 11) is 0. The average Bonchev–Trinajstić information content (AvgIpc) is 1.87.